The second-order valence-corrected chi connectivity index (χ2v) is 7.69. The zero-order valence-electron chi connectivity index (χ0n) is 16.1. The van der Waals surface area contributed by atoms with Crippen LogP contribution in [0.2, 0.25) is 0 Å². The minimum Gasteiger partial charge on any atom is -0.390 e. The van der Waals surface area contributed by atoms with Gasteiger partial charge < -0.3 is 10.0 Å². The lowest BCUT2D eigenvalue weighted by Crippen LogP contribution is -2.26. The molecule has 140 valence electrons. The number of carbonyl (C=O) groups excluding carboxylic acids is 1. The van der Waals surface area contributed by atoms with E-state index >= 15 is 0 Å². The normalized spacial score (nSPS) is 11.6. The Kier molecular flexibility index (Phi) is 5.57. The van der Waals surface area contributed by atoms with Gasteiger partial charge in [-0.05, 0) is 61.4 Å². The van der Waals surface area contributed by atoms with Crippen molar-refractivity contribution < 1.29 is 9.90 Å². The fraction of sp³-hybridized carbons (Fsp3) is 0.304. The van der Waals surface area contributed by atoms with E-state index in [2.05, 4.69) is 4.98 Å². The van der Waals surface area contributed by atoms with Crippen LogP contribution in [0.1, 0.15) is 41.8 Å². The third kappa shape index (κ3) is 4.92. The van der Waals surface area contributed by atoms with E-state index in [1.54, 1.807) is 24.9 Å². The van der Waals surface area contributed by atoms with E-state index in [4.69, 9.17) is 0 Å². The third-order valence-electron chi connectivity index (χ3n) is 4.72. The molecule has 4 heteroatoms. The monoisotopic (exact) mass is 362 g/mol. The maximum Gasteiger partial charge on any atom is 0.253 e. The number of aromatic nitrogens is 1. The van der Waals surface area contributed by atoms with Crippen molar-refractivity contribution in [3.8, 4) is 0 Å². The van der Waals surface area contributed by atoms with Gasteiger partial charge in [-0.2, -0.15) is 0 Å². The molecule has 1 amide bonds. The highest BCUT2D eigenvalue weighted by atomic mass is 16.3. The molecule has 1 N–H and O–H groups in total. The molecule has 27 heavy (non-hydrogen) atoms. The highest BCUT2D eigenvalue weighted by Crippen LogP contribution is 2.20. The molecule has 0 atom stereocenters. The number of nitrogens with zero attached hydrogens (tertiary/aromatic N) is 2. The molecule has 0 saturated heterocycles. The quantitative estimate of drug-likeness (QED) is 0.715. The summed E-state index contributed by atoms with van der Waals surface area (Å²) in [5, 5.41) is 12.1. The number of aliphatic hydroxyl groups is 1. The molecule has 0 aliphatic heterocycles. The average molecular weight is 362 g/mol. The Morgan fingerprint density at radius 1 is 1.15 bits per heavy atom. The highest BCUT2D eigenvalue weighted by Gasteiger charge is 2.15. The minimum atomic E-state index is -0.708. The molecule has 0 fully saturated rings. The van der Waals surface area contributed by atoms with Crippen LogP contribution < -0.4 is 0 Å². The summed E-state index contributed by atoms with van der Waals surface area (Å²) in [6.45, 7) is 4.14. The molecule has 0 unspecified atom stereocenters. The Bertz CT molecular complexity index is 939. The predicted molar refractivity (Wildman–Crippen MR) is 109 cm³/mol. The Morgan fingerprint density at radius 3 is 2.70 bits per heavy atom. The second kappa shape index (κ2) is 7.89. The topological polar surface area (TPSA) is 53.4 Å². The van der Waals surface area contributed by atoms with Gasteiger partial charge in [-0.15, -0.1) is 0 Å². The molecular weight excluding hydrogens is 336 g/mol. The van der Waals surface area contributed by atoms with Gasteiger partial charge in [0.1, 0.15) is 0 Å². The summed E-state index contributed by atoms with van der Waals surface area (Å²) < 4.78 is 0. The summed E-state index contributed by atoms with van der Waals surface area (Å²) in [5.74, 6) is -0.00818. The number of aryl methyl sites for hydroxylation is 1. The number of rotatable bonds is 6. The van der Waals surface area contributed by atoms with E-state index in [9.17, 15) is 9.90 Å². The Balaban J connectivity index is 1.75. The number of amides is 1. The van der Waals surface area contributed by atoms with E-state index in [0.717, 1.165) is 28.3 Å². The first-order chi connectivity index (χ1) is 12.8. The molecule has 2 aromatic carbocycles. The average Bonchev–Trinajstić information content (AvgIpc) is 2.66. The van der Waals surface area contributed by atoms with E-state index in [1.165, 1.54) is 0 Å². The predicted octanol–water partition coefficient (Wildman–Crippen LogP) is 4.21. The summed E-state index contributed by atoms with van der Waals surface area (Å²) in [6.07, 6.45) is 5.02. The maximum absolute atomic E-state index is 12.9. The van der Waals surface area contributed by atoms with Crippen molar-refractivity contribution in [3.63, 3.8) is 0 Å². The van der Waals surface area contributed by atoms with E-state index in [0.29, 0.717) is 18.5 Å². The maximum atomic E-state index is 12.9. The first-order valence-corrected chi connectivity index (χ1v) is 9.22. The fourth-order valence-electron chi connectivity index (χ4n) is 3.19. The van der Waals surface area contributed by atoms with Crippen molar-refractivity contribution in [2.45, 2.75) is 38.8 Å². The standard InChI is InChI=1S/C23H26N2O2/c1-23(2,27)12-10-17-6-4-7-18(14-17)22(26)25(3)16-20-9-5-8-19-15-24-13-11-21(19)20/h4-9,11,13-15,27H,10,12,16H2,1-3H3. The fourth-order valence-corrected chi connectivity index (χ4v) is 3.19. The van der Waals surface area contributed by atoms with Crippen molar-refractivity contribution in [1.29, 1.82) is 0 Å². The minimum absolute atomic E-state index is 0.00818. The molecular formula is C23H26N2O2. The zero-order chi connectivity index (χ0) is 19.4. The molecule has 4 nitrogen and oxygen atoms in total. The van der Waals surface area contributed by atoms with Crippen LogP contribution in [0.5, 0.6) is 0 Å². The summed E-state index contributed by atoms with van der Waals surface area (Å²) in [5.41, 5.74) is 2.13. The van der Waals surface area contributed by atoms with Gasteiger partial charge in [0.05, 0.1) is 5.60 Å². The van der Waals surface area contributed by atoms with Crippen LogP contribution in [-0.4, -0.2) is 33.5 Å². The van der Waals surface area contributed by atoms with Crippen LogP contribution in [0.25, 0.3) is 10.8 Å². The van der Waals surface area contributed by atoms with E-state index in [-0.39, 0.29) is 5.91 Å². The molecule has 0 aliphatic rings. The van der Waals surface area contributed by atoms with Crippen molar-refractivity contribution >= 4 is 16.7 Å². The number of benzene rings is 2. The third-order valence-corrected chi connectivity index (χ3v) is 4.72. The lowest BCUT2D eigenvalue weighted by atomic mass is 9.97. The molecule has 1 heterocycles. The van der Waals surface area contributed by atoms with Gasteiger partial charge >= 0.3 is 0 Å². The number of hydrogen-bond acceptors (Lipinski definition) is 3. The van der Waals surface area contributed by atoms with Gasteiger partial charge in [0.15, 0.2) is 0 Å². The van der Waals surface area contributed by atoms with Gasteiger partial charge in [-0.25, -0.2) is 0 Å². The van der Waals surface area contributed by atoms with Crippen molar-refractivity contribution in [3.05, 3.63) is 77.6 Å². The first-order valence-electron chi connectivity index (χ1n) is 9.22. The van der Waals surface area contributed by atoms with E-state index < -0.39 is 5.60 Å². The van der Waals surface area contributed by atoms with Crippen LogP contribution in [0, 0.1) is 0 Å². The van der Waals surface area contributed by atoms with Crippen molar-refractivity contribution in [2.75, 3.05) is 7.05 Å². The van der Waals surface area contributed by atoms with Crippen LogP contribution in [0.15, 0.2) is 60.9 Å². The van der Waals surface area contributed by atoms with Crippen molar-refractivity contribution in [2.24, 2.45) is 0 Å². The van der Waals surface area contributed by atoms with Gasteiger partial charge in [-0.1, -0.05) is 30.3 Å². The lowest BCUT2D eigenvalue weighted by molar-refractivity contribution is 0.0714. The van der Waals surface area contributed by atoms with Crippen LogP contribution >= 0.6 is 0 Å². The Morgan fingerprint density at radius 2 is 1.93 bits per heavy atom. The summed E-state index contributed by atoms with van der Waals surface area (Å²) in [7, 11) is 1.83. The number of carbonyl (C=O) groups is 1. The largest absolute Gasteiger partial charge is 0.390 e. The lowest BCUT2D eigenvalue weighted by Gasteiger charge is -2.20. The zero-order valence-corrected chi connectivity index (χ0v) is 16.1. The van der Waals surface area contributed by atoms with Crippen LogP contribution in [0.3, 0.4) is 0 Å². The van der Waals surface area contributed by atoms with Crippen LogP contribution in [0.4, 0.5) is 0 Å². The van der Waals surface area contributed by atoms with Crippen LogP contribution in [-0.2, 0) is 13.0 Å². The van der Waals surface area contributed by atoms with Gasteiger partial charge in [-0.3, -0.25) is 9.78 Å². The summed E-state index contributed by atoms with van der Waals surface area (Å²) >= 11 is 0. The molecule has 0 bridgehead atoms. The Labute approximate surface area is 160 Å². The smallest absolute Gasteiger partial charge is 0.253 e. The molecule has 1 aromatic heterocycles. The Hall–Kier alpha value is -2.72. The second-order valence-electron chi connectivity index (χ2n) is 7.69. The summed E-state index contributed by atoms with van der Waals surface area (Å²) in [6, 6.07) is 15.7. The van der Waals surface area contributed by atoms with Crippen molar-refractivity contribution in [1.82, 2.24) is 9.88 Å². The highest BCUT2D eigenvalue weighted by molar-refractivity contribution is 5.94. The number of hydrogen-bond donors (Lipinski definition) is 1. The molecule has 0 aliphatic carbocycles. The molecule has 3 aromatic rings. The molecule has 3 rings (SSSR count). The van der Waals surface area contributed by atoms with E-state index in [1.807, 2.05) is 61.8 Å². The van der Waals surface area contributed by atoms with Gasteiger partial charge in [0, 0.05) is 36.9 Å². The SMILES string of the molecule is CN(Cc1cccc2cnccc12)C(=O)c1cccc(CCC(C)(C)O)c1. The number of fused-ring (bicyclic) bond motifs is 1. The molecule has 0 saturated carbocycles. The molecule has 0 spiro atoms. The van der Waals surface area contributed by atoms with Gasteiger partial charge in [0.25, 0.3) is 5.91 Å². The summed E-state index contributed by atoms with van der Waals surface area (Å²) in [4.78, 5) is 18.8. The van der Waals surface area contributed by atoms with Gasteiger partial charge in [0.2, 0.25) is 0 Å². The molecule has 0 radical (unpaired) electrons. The first kappa shape index (κ1) is 19.1. The number of pyridine rings is 1.